The fourth-order valence-corrected chi connectivity index (χ4v) is 2.77. The van der Waals surface area contributed by atoms with Crippen molar-refractivity contribution in [1.82, 2.24) is 10.2 Å². The van der Waals surface area contributed by atoms with Crippen molar-refractivity contribution in [2.45, 2.75) is 44.9 Å². The standard InChI is InChI=1S/C17H26N4O2/c1-2-3-12-23-16-14(10-7-11-21(16)17(18)19)20-15(22)13-8-5-4-6-9-13/h4-6,8-9,14,16H,2-3,7,10-12H2,1H3,(H3,18,19)(H,20,22)/t14-,16+/m0/s1. The number of likely N-dealkylation sites (tertiary alicyclic amines) is 1. The lowest BCUT2D eigenvalue weighted by Crippen LogP contribution is -2.59. The Morgan fingerprint density at radius 1 is 1.43 bits per heavy atom. The molecule has 0 aromatic heterocycles. The van der Waals surface area contributed by atoms with E-state index in [0.717, 1.165) is 25.7 Å². The summed E-state index contributed by atoms with van der Waals surface area (Å²) in [4.78, 5) is 14.1. The molecular formula is C17H26N4O2. The van der Waals surface area contributed by atoms with Gasteiger partial charge in [0.15, 0.2) is 12.2 Å². The maximum absolute atomic E-state index is 12.4. The van der Waals surface area contributed by atoms with Gasteiger partial charge in [-0.2, -0.15) is 0 Å². The Bertz CT molecular complexity index is 521. The van der Waals surface area contributed by atoms with Crippen molar-refractivity contribution in [3.05, 3.63) is 35.9 Å². The molecule has 6 nitrogen and oxygen atoms in total. The van der Waals surface area contributed by atoms with Crippen LogP contribution in [0.5, 0.6) is 0 Å². The van der Waals surface area contributed by atoms with E-state index in [-0.39, 0.29) is 24.1 Å². The first kappa shape index (κ1) is 17.3. The SMILES string of the molecule is CCCCO[C@@H]1[C@@H](NC(=O)c2ccccc2)CCCN1C(=N)N. The van der Waals surface area contributed by atoms with Crippen LogP contribution in [0, 0.1) is 5.41 Å². The smallest absolute Gasteiger partial charge is 0.251 e. The molecular weight excluding hydrogens is 292 g/mol. The van der Waals surface area contributed by atoms with Crippen LogP contribution in [0.1, 0.15) is 43.0 Å². The minimum atomic E-state index is -0.375. The van der Waals surface area contributed by atoms with Crippen LogP contribution in [-0.4, -0.2) is 42.2 Å². The fourth-order valence-electron chi connectivity index (χ4n) is 2.77. The summed E-state index contributed by atoms with van der Waals surface area (Å²) in [5, 5.41) is 10.8. The van der Waals surface area contributed by atoms with Gasteiger partial charge >= 0.3 is 0 Å². The Morgan fingerprint density at radius 2 is 2.17 bits per heavy atom. The lowest BCUT2D eigenvalue weighted by Gasteiger charge is -2.41. The van der Waals surface area contributed by atoms with Crippen molar-refractivity contribution in [1.29, 1.82) is 5.41 Å². The first-order chi connectivity index (χ1) is 11.1. The minimum absolute atomic E-state index is 0.00911. The molecule has 0 spiro atoms. The van der Waals surface area contributed by atoms with Crippen LogP contribution < -0.4 is 11.1 Å². The Labute approximate surface area is 137 Å². The highest BCUT2D eigenvalue weighted by atomic mass is 16.5. The monoisotopic (exact) mass is 318 g/mol. The maximum Gasteiger partial charge on any atom is 0.251 e. The van der Waals surface area contributed by atoms with E-state index >= 15 is 0 Å². The molecule has 126 valence electrons. The molecule has 0 bridgehead atoms. The number of ether oxygens (including phenoxy) is 1. The number of nitrogens with one attached hydrogen (secondary N) is 2. The fraction of sp³-hybridized carbons (Fsp3) is 0.529. The molecule has 6 heteroatoms. The molecule has 1 aliphatic heterocycles. The highest BCUT2D eigenvalue weighted by Crippen LogP contribution is 2.19. The summed E-state index contributed by atoms with van der Waals surface area (Å²) in [6.45, 7) is 3.38. The molecule has 1 saturated heterocycles. The second kappa shape index (κ2) is 8.53. The van der Waals surface area contributed by atoms with Crippen LogP contribution in [-0.2, 0) is 4.74 Å². The highest BCUT2D eigenvalue weighted by molar-refractivity contribution is 5.94. The first-order valence-corrected chi connectivity index (χ1v) is 8.21. The van der Waals surface area contributed by atoms with Crippen molar-refractivity contribution >= 4 is 11.9 Å². The average molecular weight is 318 g/mol. The number of carbonyl (C=O) groups is 1. The highest BCUT2D eigenvalue weighted by Gasteiger charge is 2.34. The lowest BCUT2D eigenvalue weighted by atomic mass is 10.0. The van der Waals surface area contributed by atoms with Crippen molar-refractivity contribution in [3.8, 4) is 0 Å². The van der Waals surface area contributed by atoms with Crippen LogP contribution in [0.25, 0.3) is 0 Å². The van der Waals surface area contributed by atoms with Crippen LogP contribution in [0.15, 0.2) is 30.3 Å². The number of hydrogen-bond acceptors (Lipinski definition) is 3. The van der Waals surface area contributed by atoms with E-state index in [1.54, 1.807) is 17.0 Å². The predicted octanol–water partition coefficient (Wildman–Crippen LogP) is 1.92. The Kier molecular flexibility index (Phi) is 6.40. The molecule has 1 heterocycles. The normalized spacial score (nSPS) is 21.0. The van der Waals surface area contributed by atoms with Gasteiger partial charge in [-0.25, -0.2) is 0 Å². The number of nitrogens with zero attached hydrogens (tertiary/aromatic N) is 1. The van der Waals surface area contributed by atoms with Gasteiger partial charge in [-0.1, -0.05) is 31.5 Å². The van der Waals surface area contributed by atoms with Gasteiger partial charge in [0.2, 0.25) is 0 Å². The summed E-state index contributed by atoms with van der Waals surface area (Å²) in [5.41, 5.74) is 6.31. The van der Waals surface area contributed by atoms with Gasteiger partial charge in [0.1, 0.15) is 0 Å². The molecule has 1 aliphatic rings. The molecule has 2 atom stereocenters. The Morgan fingerprint density at radius 3 is 2.83 bits per heavy atom. The van der Waals surface area contributed by atoms with Crippen LogP contribution in [0.4, 0.5) is 0 Å². The van der Waals surface area contributed by atoms with Gasteiger partial charge in [-0.15, -0.1) is 0 Å². The molecule has 1 fully saturated rings. The number of amides is 1. The number of rotatable bonds is 6. The largest absolute Gasteiger partial charge is 0.370 e. The molecule has 0 aliphatic carbocycles. The predicted molar refractivity (Wildman–Crippen MR) is 90.2 cm³/mol. The van der Waals surface area contributed by atoms with E-state index in [1.165, 1.54) is 0 Å². The van der Waals surface area contributed by atoms with E-state index < -0.39 is 0 Å². The first-order valence-electron chi connectivity index (χ1n) is 8.21. The molecule has 23 heavy (non-hydrogen) atoms. The van der Waals surface area contributed by atoms with Crippen molar-refractivity contribution in [2.24, 2.45) is 5.73 Å². The molecule has 0 saturated carbocycles. The molecule has 2 rings (SSSR count). The molecule has 1 amide bonds. The number of nitrogens with two attached hydrogens (primary N) is 1. The zero-order valence-corrected chi connectivity index (χ0v) is 13.6. The van der Waals surface area contributed by atoms with Crippen molar-refractivity contribution < 1.29 is 9.53 Å². The zero-order chi connectivity index (χ0) is 16.7. The average Bonchev–Trinajstić information content (AvgIpc) is 2.56. The summed E-state index contributed by atoms with van der Waals surface area (Å²) < 4.78 is 5.94. The van der Waals surface area contributed by atoms with E-state index in [4.69, 9.17) is 15.9 Å². The second-order valence-corrected chi connectivity index (χ2v) is 5.78. The summed E-state index contributed by atoms with van der Waals surface area (Å²) in [5.74, 6) is -0.129. The Hall–Kier alpha value is -2.08. The van der Waals surface area contributed by atoms with E-state index in [2.05, 4.69) is 12.2 Å². The molecule has 0 radical (unpaired) electrons. The summed E-state index contributed by atoms with van der Waals surface area (Å²) >= 11 is 0. The number of carbonyl (C=O) groups excluding carboxylic acids is 1. The zero-order valence-electron chi connectivity index (χ0n) is 13.6. The van der Waals surface area contributed by atoms with Crippen molar-refractivity contribution in [3.63, 3.8) is 0 Å². The van der Waals surface area contributed by atoms with Gasteiger partial charge in [-0.05, 0) is 31.4 Å². The van der Waals surface area contributed by atoms with Gasteiger partial charge in [0, 0.05) is 18.7 Å². The van der Waals surface area contributed by atoms with Gasteiger partial charge < -0.3 is 20.7 Å². The summed E-state index contributed by atoms with van der Waals surface area (Å²) in [6.07, 6.45) is 3.29. The molecule has 1 aromatic rings. The number of unbranched alkanes of at least 4 members (excludes halogenated alkanes) is 1. The maximum atomic E-state index is 12.4. The topological polar surface area (TPSA) is 91.4 Å². The molecule has 0 unspecified atom stereocenters. The third-order valence-electron chi connectivity index (χ3n) is 4.01. The quantitative estimate of drug-likeness (QED) is 0.424. The van der Waals surface area contributed by atoms with E-state index in [0.29, 0.717) is 18.7 Å². The van der Waals surface area contributed by atoms with Gasteiger partial charge in [0.05, 0.1) is 6.04 Å². The van der Waals surface area contributed by atoms with Gasteiger partial charge in [-0.3, -0.25) is 10.2 Å². The number of benzene rings is 1. The summed E-state index contributed by atoms with van der Waals surface area (Å²) in [7, 11) is 0. The van der Waals surface area contributed by atoms with Crippen LogP contribution >= 0.6 is 0 Å². The van der Waals surface area contributed by atoms with E-state index in [1.807, 2.05) is 18.2 Å². The van der Waals surface area contributed by atoms with Crippen LogP contribution in [0.3, 0.4) is 0 Å². The third-order valence-corrected chi connectivity index (χ3v) is 4.01. The Balaban J connectivity index is 2.06. The molecule has 4 N–H and O–H groups in total. The lowest BCUT2D eigenvalue weighted by molar-refractivity contribution is -0.0665. The third kappa shape index (κ3) is 4.69. The van der Waals surface area contributed by atoms with Crippen molar-refractivity contribution in [2.75, 3.05) is 13.2 Å². The molecule has 1 aromatic carbocycles. The summed E-state index contributed by atoms with van der Waals surface area (Å²) in [6, 6.07) is 8.96. The van der Waals surface area contributed by atoms with E-state index in [9.17, 15) is 4.79 Å². The number of piperidine rings is 1. The number of hydrogen-bond donors (Lipinski definition) is 3. The van der Waals surface area contributed by atoms with Gasteiger partial charge in [0.25, 0.3) is 5.91 Å². The minimum Gasteiger partial charge on any atom is -0.370 e. The number of guanidine groups is 1. The van der Waals surface area contributed by atoms with Crippen LogP contribution in [0.2, 0.25) is 0 Å². The second-order valence-electron chi connectivity index (χ2n) is 5.78.